The van der Waals surface area contributed by atoms with Crippen LogP contribution in [0.1, 0.15) is 36.2 Å². The number of ether oxygens (including phenoxy) is 1. The summed E-state index contributed by atoms with van der Waals surface area (Å²) in [5, 5.41) is 1.89. The van der Waals surface area contributed by atoms with Gasteiger partial charge in [-0.15, -0.1) is 0 Å². The minimum Gasteiger partial charge on any atom is -0.378 e. The van der Waals surface area contributed by atoms with Crippen molar-refractivity contribution < 1.29 is 14.3 Å². The number of carbonyl (C=O) groups excluding carboxylic acids is 2. The molecule has 0 aliphatic carbocycles. The van der Waals surface area contributed by atoms with Crippen LogP contribution in [0.15, 0.2) is 36.4 Å². The molecule has 41 heavy (non-hydrogen) atoms. The molecule has 1 atom stereocenters. The van der Waals surface area contributed by atoms with Crippen LogP contribution in [-0.2, 0) is 9.53 Å². The molecular formula is C30H32Cl3N5O3. The molecule has 0 saturated carbocycles. The van der Waals surface area contributed by atoms with Gasteiger partial charge in [-0.3, -0.25) is 14.5 Å². The highest BCUT2D eigenvalue weighted by molar-refractivity contribution is 6.43. The highest BCUT2D eigenvalue weighted by Crippen LogP contribution is 2.32. The molecule has 0 spiro atoms. The molecule has 11 heteroatoms. The lowest BCUT2D eigenvalue weighted by molar-refractivity contribution is -0.141. The number of halogens is 3. The number of aromatic nitrogens is 2. The van der Waals surface area contributed by atoms with Gasteiger partial charge in [0.1, 0.15) is 5.69 Å². The largest absolute Gasteiger partial charge is 0.378 e. The maximum Gasteiger partial charge on any atom is 0.273 e. The van der Waals surface area contributed by atoms with Crippen molar-refractivity contribution in [3.63, 3.8) is 0 Å². The van der Waals surface area contributed by atoms with E-state index in [1.807, 2.05) is 21.9 Å². The molecule has 0 unspecified atom stereocenters. The zero-order chi connectivity index (χ0) is 28.5. The number of hydrogen-bond donors (Lipinski definition) is 0. The number of morpholine rings is 1. The molecule has 2 amide bonds. The Labute approximate surface area is 254 Å². The smallest absolute Gasteiger partial charge is 0.273 e. The van der Waals surface area contributed by atoms with Gasteiger partial charge in [0, 0.05) is 54.7 Å². The first-order chi connectivity index (χ1) is 19.9. The van der Waals surface area contributed by atoms with Crippen molar-refractivity contribution in [2.24, 2.45) is 5.92 Å². The molecule has 4 heterocycles. The van der Waals surface area contributed by atoms with Gasteiger partial charge in [0.2, 0.25) is 5.91 Å². The van der Waals surface area contributed by atoms with Gasteiger partial charge in [-0.1, -0.05) is 34.8 Å². The molecular weight excluding hydrogens is 585 g/mol. The van der Waals surface area contributed by atoms with Crippen molar-refractivity contribution in [2.45, 2.75) is 31.7 Å². The molecule has 3 fully saturated rings. The molecule has 6 rings (SSSR count). The fraction of sp³-hybridized carbons (Fsp3) is 0.467. The van der Waals surface area contributed by atoms with E-state index < -0.39 is 0 Å². The molecule has 2 aromatic carbocycles. The zero-order valence-electron chi connectivity index (χ0n) is 22.7. The second-order valence-corrected chi connectivity index (χ2v) is 12.2. The van der Waals surface area contributed by atoms with E-state index in [4.69, 9.17) is 44.5 Å². The topological polar surface area (TPSA) is 78.9 Å². The van der Waals surface area contributed by atoms with E-state index in [1.165, 1.54) is 0 Å². The van der Waals surface area contributed by atoms with Crippen LogP contribution in [0.2, 0.25) is 15.1 Å². The van der Waals surface area contributed by atoms with Crippen LogP contribution in [0.5, 0.6) is 0 Å². The van der Waals surface area contributed by atoms with E-state index in [1.54, 1.807) is 24.3 Å². The first-order valence-electron chi connectivity index (χ1n) is 14.2. The van der Waals surface area contributed by atoms with Crippen molar-refractivity contribution >= 4 is 57.5 Å². The summed E-state index contributed by atoms with van der Waals surface area (Å²) in [6.45, 7) is 5.63. The Hall–Kier alpha value is -2.49. The third-order valence-corrected chi connectivity index (χ3v) is 9.41. The van der Waals surface area contributed by atoms with Crippen LogP contribution in [0.25, 0.3) is 22.3 Å². The van der Waals surface area contributed by atoms with E-state index in [2.05, 4.69) is 9.88 Å². The Morgan fingerprint density at radius 3 is 2.27 bits per heavy atom. The van der Waals surface area contributed by atoms with Crippen LogP contribution >= 0.6 is 34.8 Å². The van der Waals surface area contributed by atoms with Gasteiger partial charge < -0.3 is 14.5 Å². The molecule has 3 aromatic rings. The first-order valence-corrected chi connectivity index (χ1v) is 15.3. The summed E-state index contributed by atoms with van der Waals surface area (Å²) in [6, 6.07) is 10.9. The van der Waals surface area contributed by atoms with Gasteiger partial charge in [-0.05, 0) is 68.6 Å². The minimum atomic E-state index is -0.150. The van der Waals surface area contributed by atoms with Gasteiger partial charge in [0.15, 0.2) is 5.82 Å². The molecule has 0 bridgehead atoms. The van der Waals surface area contributed by atoms with E-state index in [0.29, 0.717) is 82.9 Å². The fourth-order valence-electron chi connectivity index (χ4n) is 6.18. The molecule has 1 aromatic heterocycles. The number of carbonyl (C=O) groups is 2. The summed E-state index contributed by atoms with van der Waals surface area (Å²) in [5.41, 5.74) is 1.62. The predicted octanol–water partition coefficient (Wildman–Crippen LogP) is 5.43. The van der Waals surface area contributed by atoms with Crippen molar-refractivity contribution in [1.29, 1.82) is 0 Å². The summed E-state index contributed by atoms with van der Waals surface area (Å²) in [7, 11) is 0. The number of benzene rings is 2. The van der Waals surface area contributed by atoms with E-state index in [0.717, 1.165) is 44.3 Å². The van der Waals surface area contributed by atoms with Crippen LogP contribution < -0.4 is 0 Å². The Balaban J connectivity index is 1.17. The lowest BCUT2D eigenvalue weighted by Crippen LogP contribution is -2.53. The van der Waals surface area contributed by atoms with Gasteiger partial charge in [-0.2, -0.15) is 0 Å². The maximum atomic E-state index is 13.9. The first kappa shape index (κ1) is 28.6. The number of fused-ring (bicyclic) bond motifs is 1. The average Bonchev–Trinajstić information content (AvgIpc) is 3.01. The van der Waals surface area contributed by atoms with E-state index >= 15 is 0 Å². The fourth-order valence-corrected chi connectivity index (χ4v) is 6.63. The summed E-state index contributed by atoms with van der Waals surface area (Å²) >= 11 is 18.7. The van der Waals surface area contributed by atoms with Gasteiger partial charge in [0.25, 0.3) is 5.91 Å². The van der Waals surface area contributed by atoms with Gasteiger partial charge >= 0.3 is 0 Å². The second kappa shape index (κ2) is 12.4. The number of rotatable bonds is 4. The van der Waals surface area contributed by atoms with Crippen molar-refractivity contribution in [3.05, 3.63) is 57.2 Å². The molecule has 3 aliphatic heterocycles. The zero-order valence-corrected chi connectivity index (χ0v) is 25.0. The molecule has 3 aliphatic rings. The van der Waals surface area contributed by atoms with E-state index in [9.17, 15) is 9.59 Å². The number of amides is 2. The SMILES string of the molecule is O=C(c1nc(-c2ccc(Cl)cc2)nc2cc(Cl)c(Cl)cc12)N1CCC(N2CCC[C@@H](C(=O)N3CCOCC3)C2)CC1. The monoisotopic (exact) mass is 615 g/mol. The third kappa shape index (κ3) is 6.18. The quantitative estimate of drug-likeness (QED) is 0.389. The summed E-state index contributed by atoms with van der Waals surface area (Å²) in [5.74, 6) is 0.576. The number of piperidine rings is 2. The predicted molar refractivity (Wildman–Crippen MR) is 161 cm³/mol. The van der Waals surface area contributed by atoms with Crippen LogP contribution in [0.3, 0.4) is 0 Å². The maximum absolute atomic E-state index is 13.9. The van der Waals surface area contributed by atoms with Crippen molar-refractivity contribution in [2.75, 3.05) is 52.5 Å². The normalized spacial score (nSPS) is 20.9. The Bertz CT molecular complexity index is 1440. The van der Waals surface area contributed by atoms with Gasteiger partial charge in [0.05, 0.1) is 34.7 Å². The summed E-state index contributed by atoms with van der Waals surface area (Å²) in [4.78, 5) is 42.7. The number of likely N-dealkylation sites (tertiary alicyclic amines) is 2. The number of hydrogen-bond acceptors (Lipinski definition) is 6. The lowest BCUT2D eigenvalue weighted by atomic mass is 9.92. The standard InChI is InChI=1S/C30H32Cl3N5O3/c31-21-5-3-19(4-6-21)28-34-26-17-25(33)24(32)16-23(26)27(35-28)30(40)36-10-7-22(8-11-36)38-9-1-2-20(18-38)29(39)37-12-14-41-15-13-37/h3-6,16-17,20,22H,1-2,7-15,18H2/t20-/m1/s1. The molecule has 8 nitrogen and oxygen atoms in total. The lowest BCUT2D eigenvalue weighted by Gasteiger charge is -2.43. The summed E-state index contributed by atoms with van der Waals surface area (Å²) in [6.07, 6.45) is 3.66. The van der Waals surface area contributed by atoms with Crippen LogP contribution in [0.4, 0.5) is 0 Å². The van der Waals surface area contributed by atoms with E-state index in [-0.39, 0.29) is 17.7 Å². The Kier molecular flexibility index (Phi) is 8.65. The number of nitrogens with zero attached hydrogens (tertiary/aromatic N) is 5. The third-order valence-electron chi connectivity index (χ3n) is 8.44. The molecule has 0 radical (unpaired) electrons. The Morgan fingerprint density at radius 2 is 1.54 bits per heavy atom. The molecule has 216 valence electrons. The van der Waals surface area contributed by atoms with Crippen LogP contribution in [0, 0.1) is 5.92 Å². The van der Waals surface area contributed by atoms with Crippen molar-refractivity contribution in [1.82, 2.24) is 24.7 Å². The minimum absolute atomic E-state index is 0.0387. The highest BCUT2D eigenvalue weighted by atomic mass is 35.5. The average molecular weight is 617 g/mol. The van der Waals surface area contributed by atoms with Crippen LogP contribution in [-0.4, -0.2) is 95.0 Å². The highest BCUT2D eigenvalue weighted by Gasteiger charge is 2.35. The van der Waals surface area contributed by atoms with Gasteiger partial charge in [-0.25, -0.2) is 9.97 Å². The summed E-state index contributed by atoms with van der Waals surface area (Å²) < 4.78 is 5.42. The molecule has 0 N–H and O–H groups in total. The second-order valence-electron chi connectivity index (χ2n) is 11.0. The van der Waals surface area contributed by atoms with Crippen molar-refractivity contribution in [3.8, 4) is 11.4 Å². The Morgan fingerprint density at radius 1 is 0.829 bits per heavy atom. The molecule has 3 saturated heterocycles.